The van der Waals surface area contributed by atoms with Crippen LogP contribution in [0, 0.1) is 13.8 Å². The third kappa shape index (κ3) is 7.12. The van der Waals surface area contributed by atoms with E-state index in [1.165, 1.54) is 0 Å². The average Bonchev–Trinajstić information content (AvgIpc) is 2.73. The van der Waals surface area contributed by atoms with Gasteiger partial charge in [-0.15, -0.1) is 0 Å². The van der Waals surface area contributed by atoms with Gasteiger partial charge in [0.25, 0.3) is 0 Å². The first-order chi connectivity index (χ1) is 14.8. The van der Waals surface area contributed by atoms with Crippen molar-refractivity contribution in [2.75, 3.05) is 7.11 Å². The molecule has 0 radical (unpaired) electrons. The molecule has 0 heterocycles. The number of rotatable bonds is 10. The summed E-state index contributed by atoms with van der Waals surface area (Å²) < 4.78 is 5.24. The van der Waals surface area contributed by atoms with E-state index in [1.807, 2.05) is 71.0 Å². The largest absolute Gasteiger partial charge is 0.497 e. The van der Waals surface area contributed by atoms with Gasteiger partial charge >= 0.3 is 0 Å². The Morgan fingerprint density at radius 1 is 0.968 bits per heavy atom. The number of carbonyl (C=O) groups excluding carboxylic acids is 2. The van der Waals surface area contributed by atoms with E-state index in [0.717, 1.165) is 34.4 Å². The molecule has 0 spiro atoms. The van der Waals surface area contributed by atoms with Gasteiger partial charge in [-0.25, -0.2) is 0 Å². The molecule has 0 fully saturated rings. The molecule has 31 heavy (non-hydrogen) atoms. The molecule has 2 rings (SSSR count). The van der Waals surface area contributed by atoms with E-state index in [1.54, 1.807) is 12.0 Å². The van der Waals surface area contributed by atoms with E-state index < -0.39 is 6.04 Å². The van der Waals surface area contributed by atoms with E-state index in [9.17, 15) is 9.59 Å². The van der Waals surface area contributed by atoms with Gasteiger partial charge in [0.05, 0.1) is 13.5 Å². The molecule has 2 aromatic rings. The standard InChI is InChI=1S/C26H36N2O3/c1-7-20(5)27-26(30)24(8-2)28(17-21-9-11-23(31-6)12-10-21)25(29)16-22-14-18(3)13-19(4)15-22/h9-15,20,24H,7-8,16-17H2,1-6H3,(H,27,30)/t20-,24+/m1/s1. The van der Waals surface area contributed by atoms with Crippen molar-refractivity contribution in [3.63, 3.8) is 0 Å². The van der Waals surface area contributed by atoms with Gasteiger partial charge in [0, 0.05) is 12.6 Å². The number of methoxy groups -OCH3 is 1. The number of amides is 2. The molecular weight excluding hydrogens is 388 g/mol. The fourth-order valence-corrected chi connectivity index (χ4v) is 3.74. The lowest BCUT2D eigenvalue weighted by atomic mass is 10.0. The highest BCUT2D eigenvalue weighted by Gasteiger charge is 2.29. The number of ether oxygens (including phenoxy) is 1. The van der Waals surface area contributed by atoms with Crippen molar-refractivity contribution in [1.82, 2.24) is 10.2 Å². The Balaban J connectivity index is 2.31. The van der Waals surface area contributed by atoms with Gasteiger partial charge in [-0.1, -0.05) is 55.3 Å². The Morgan fingerprint density at radius 2 is 1.58 bits per heavy atom. The van der Waals surface area contributed by atoms with Gasteiger partial charge in [0.1, 0.15) is 11.8 Å². The second kappa shape index (κ2) is 11.5. The molecule has 1 N–H and O–H groups in total. The highest BCUT2D eigenvalue weighted by Crippen LogP contribution is 2.18. The molecule has 0 aliphatic carbocycles. The predicted molar refractivity (Wildman–Crippen MR) is 125 cm³/mol. The Kier molecular flexibility index (Phi) is 9.10. The SMILES string of the molecule is CC[C@@H](C)NC(=O)[C@H](CC)N(Cc1ccc(OC)cc1)C(=O)Cc1cc(C)cc(C)c1. The fraction of sp³-hybridized carbons (Fsp3) is 0.462. The van der Waals surface area contributed by atoms with Crippen molar-refractivity contribution in [3.05, 3.63) is 64.7 Å². The summed E-state index contributed by atoms with van der Waals surface area (Å²) in [7, 11) is 1.63. The van der Waals surface area contributed by atoms with Crippen LogP contribution in [-0.2, 0) is 22.6 Å². The molecule has 0 unspecified atom stereocenters. The Morgan fingerprint density at radius 3 is 2.10 bits per heavy atom. The topological polar surface area (TPSA) is 58.6 Å². The van der Waals surface area contributed by atoms with Crippen molar-refractivity contribution in [2.45, 2.75) is 72.5 Å². The van der Waals surface area contributed by atoms with Crippen molar-refractivity contribution in [3.8, 4) is 5.75 Å². The van der Waals surface area contributed by atoms with Crippen LogP contribution in [0.1, 0.15) is 55.9 Å². The van der Waals surface area contributed by atoms with E-state index in [-0.39, 0.29) is 24.3 Å². The molecule has 5 heteroatoms. The molecule has 0 aromatic heterocycles. The predicted octanol–water partition coefficient (Wildman–Crippen LogP) is 4.58. The highest BCUT2D eigenvalue weighted by molar-refractivity contribution is 5.88. The zero-order valence-electron chi connectivity index (χ0n) is 19.7. The number of carbonyl (C=O) groups is 2. The number of nitrogens with one attached hydrogen (secondary N) is 1. The van der Waals surface area contributed by atoms with Crippen molar-refractivity contribution >= 4 is 11.8 Å². The average molecular weight is 425 g/mol. The number of benzene rings is 2. The maximum atomic E-state index is 13.4. The van der Waals surface area contributed by atoms with E-state index >= 15 is 0 Å². The first-order valence-electron chi connectivity index (χ1n) is 11.1. The summed E-state index contributed by atoms with van der Waals surface area (Å²) in [5, 5.41) is 3.05. The molecule has 2 amide bonds. The third-order valence-corrected chi connectivity index (χ3v) is 5.54. The van der Waals surface area contributed by atoms with Gasteiger partial charge in [0.2, 0.25) is 11.8 Å². The summed E-state index contributed by atoms with van der Waals surface area (Å²) in [6.07, 6.45) is 1.67. The van der Waals surface area contributed by atoms with Crippen LogP contribution in [0.25, 0.3) is 0 Å². The number of nitrogens with zero attached hydrogens (tertiary/aromatic N) is 1. The van der Waals surface area contributed by atoms with Crippen LogP contribution in [0.5, 0.6) is 5.75 Å². The summed E-state index contributed by atoms with van der Waals surface area (Å²) in [6.45, 7) is 10.4. The zero-order valence-corrected chi connectivity index (χ0v) is 19.7. The summed E-state index contributed by atoms with van der Waals surface area (Å²) in [6, 6.07) is 13.4. The van der Waals surface area contributed by atoms with Crippen LogP contribution in [0.15, 0.2) is 42.5 Å². The minimum absolute atomic E-state index is 0.0491. The molecule has 168 valence electrons. The van der Waals surface area contributed by atoms with Gasteiger partial charge in [-0.05, 0) is 56.9 Å². The molecule has 0 saturated heterocycles. The van der Waals surface area contributed by atoms with E-state index in [4.69, 9.17) is 4.74 Å². The Hall–Kier alpha value is -2.82. The second-order valence-corrected chi connectivity index (χ2v) is 8.28. The summed E-state index contributed by atoms with van der Waals surface area (Å²) >= 11 is 0. The van der Waals surface area contributed by atoms with E-state index in [2.05, 4.69) is 11.4 Å². The minimum Gasteiger partial charge on any atom is -0.497 e. The molecule has 5 nitrogen and oxygen atoms in total. The third-order valence-electron chi connectivity index (χ3n) is 5.54. The molecule has 2 atom stereocenters. The summed E-state index contributed by atoms with van der Waals surface area (Å²) in [4.78, 5) is 28.2. The van der Waals surface area contributed by atoms with Gasteiger partial charge in [-0.2, -0.15) is 0 Å². The lowest BCUT2D eigenvalue weighted by molar-refractivity contribution is -0.141. The minimum atomic E-state index is -0.519. The van der Waals surface area contributed by atoms with Crippen molar-refractivity contribution in [1.29, 1.82) is 0 Å². The molecule has 0 bridgehead atoms. The molecule has 0 aliphatic heterocycles. The lowest BCUT2D eigenvalue weighted by Crippen LogP contribution is -2.51. The number of hydrogen-bond donors (Lipinski definition) is 1. The van der Waals surface area contributed by atoms with Crippen LogP contribution in [0.3, 0.4) is 0 Å². The number of aryl methyl sites for hydroxylation is 2. The van der Waals surface area contributed by atoms with Crippen molar-refractivity contribution in [2.24, 2.45) is 0 Å². The first-order valence-corrected chi connectivity index (χ1v) is 11.1. The quantitative estimate of drug-likeness (QED) is 0.607. The highest BCUT2D eigenvalue weighted by atomic mass is 16.5. The van der Waals surface area contributed by atoms with E-state index in [0.29, 0.717) is 13.0 Å². The first kappa shape index (κ1) is 24.4. The van der Waals surface area contributed by atoms with Gasteiger partial charge in [0.15, 0.2) is 0 Å². The monoisotopic (exact) mass is 424 g/mol. The maximum Gasteiger partial charge on any atom is 0.243 e. The zero-order chi connectivity index (χ0) is 23.0. The summed E-state index contributed by atoms with van der Waals surface area (Å²) in [5.41, 5.74) is 4.20. The lowest BCUT2D eigenvalue weighted by Gasteiger charge is -2.31. The number of hydrogen-bond acceptors (Lipinski definition) is 3. The van der Waals surface area contributed by atoms with Gasteiger partial charge in [-0.3, -0.25) is 9.59 Å². The van der Waals surface area contributed by atoms with Crippen LogP contribution >= 0.6 is 0 Å². The Bertz CT molecular complexity index is 856. The molecular formula is C26H36N2O3. The smallest absolute Gasteiger partial charge is 0.243 e. The normalized spacial score (nSPS) is 12.7. The molecule has 0 aliphatic rings. The van der Waals surface area contributed by atoms with Crippen LogP contribution < -0.4 is 10.1 Å². The summed E-state index contributed by atoms with van der Waals surface area (Å²) in [5.74, 6) is 0.615. The van der Waals surface area contributed by atoms with Crippen molar-refractivity contribution < 1.29 is 14.3 Å². The van der Waals surface area contributed by atoms with Crippen LogP contribution in [-0.4, -0.2) is 35.9 Å². The molecule has 2 aromatic carbocycles. The molecule has 0 saturated carbocycles. The second-order valence-electron chi connectivity index (χ2n) is 8.28. The van der Waals surface area contributed by atoms with Crippen LogP contribution in [0.4, 0.5) is 0 Å². The Labute approximate surface area is 186 Å². The van der Waals surface area contributed by atoms with Gasteiger partial charge < -0.3 is 15.0 Å². The van der Waals surface area contributed by atoms with Crippen LogP contribution in [0.2, 0.25) is 0 Å². The fourth-order valence-electron chi connectivity index (χ4n) is 3.74. The maximum absolute atomic E-state index is 13.4.